The zero-order chi connectivity index (χ0) is 15.4. The number of aromatic nitrogens is 1. The molecule has 1 amide bonds. The van der Waals surface area contributed by atoms with Gasteiger partial charge in [-0.15, -0.1) is 0 Å². The van der Waals surface area contributed by atoms with E-state index in [1.54, 1.807) is 44.3 Å². The zero-order valence-electron chi connectivity index (χ0n) is 12.2. The van der Waals surface area contributed by atoms with Gasteiger partial charge in [-0.3, -0.25) is 9.78 Å². The SMILES string of the molecule is COc1cccc(F)c1C(C)NC(=O)c1cccnc1C. The van der Waals surface area contributed by atoms with Crippen LogP contribution in [0, 0.1) is 12.7 Å². The molecule has 0 bridgehead atoms. The Labute approximate surface area is 123 Å². The molecule has 0 spiro atoms. The number of rotatable bonds is 4. The standard InChI is InChI=1S/C16H17FN2O2/c1-10-12(6-5-9-18-10)16(20)19-11(2)15-13(17)7-4-8-14(15)21-3/h4-9,11H,1-3H3,(H,19,20). The number of nitrogens with one attached hydrogen (secondary N) is 1. The topological polar surface area (TPSA) is 51.2 Å². The Balaban J connectivity index is 2.25. The molecular weight excluding hydrogens is 271 g/mol. The summed E-state index contributed by atoms with van der Waals surface area (Å²) >= 11 is 0. The lowest BCUT2D eigenvalue weighted by atomic mass is 10.1. The predicted molar refractivity (Wildman–Crippen MR) is 77.8 cm³/mol. The minimum absolute atomic E-state index is 0.293. The van der Waals surface area contributed by atoms with E-state index in [1.807, 2.05) is 0 Å². The molecule has 0 aliphatic rings. The summed E-state index contributed by atoms with van der Waals surface area (Å²) < 4.78 is 19.1. The summed E-state index contributed by atoms with van der Waals surface area (Å²) in [4.78, 5) is 16.3. The van der Waals surface area contributed by atoms with E-state index < -0.39 is 11.9 Å². The van der Waals surface area contributed by atoms with Crippen LogP contribution < -0.4 is 10.1 Å². The average Bonchev–Trinajstić information content (AvgIpc) is 2.46. The molecule has 1 atom stereocenters. The highest BCUT2D eigenvalue weighted by Gasteiger charge is 2.19. The monoisotopic (exact) mass is 288 g/mol. The number of aryl methyl sites for hydroxylation is 1. The summed E-state index contributed by atoms with van der Waals surface area (Å²) in [5.41, 5.74) is 1.43. The van der Waals surface area contributed by atoms with E-state index in [2.05, 4.69) is 10.3 Å². The molecule has 0 saturated heterocycles. The molecule has 1 aromatic carbocycles. The van der Waals surface area contributed by atoms with Crippen molar-refractivity contribution in [2.24, 2.45) is 0 Å². The van der Waals surface area contributed by atoms with E-state index in [0.29, 0.717) is 22.6 Å². The van der Waals surface area contributed by atoms with Gasteiger partial charge in [0.05, 0.1) is 24.3 Å². The molecule has 21 heavy (non-hydrogen) atoms. The number of carbonyl (C=O) groups is 1. The van der Waals surface area contributed by atoms with Crippen LogP contribution in [0.3, 0.4) is 0 Å². The second-order valence-electron chi connectivity index (χ2n) is 4.69. The van der Waals surface area contributed by atoms with Gasteiger partial charge in [-0.25, -0.2) is 4.39 Å². The van der Waals surface area contributed by atoms with Gasteiger partial charge in [-0.2, -0.15) is 0 Å². The second kappa shape index (κ2) is 6.35. The Morgan fingerprint density at radius 1 is 1.33 bits per heavy atom. The van der Waals surface area contributed by atoms with Crippen molar-refractivity contribution in [1.29, 1.82) is 0 Å². The van der Waals surface area contributed by atoms with Crippen LogP contribution >= 0.6 is 0 Å². The molecule has 0 aliphatic heterocycles. The molecule has 1 aromatic heterocycles. The van der Waals surface area contributed by atoms with E-state index in [0.717, 1.165) is 0 Å². The van der Waals surface area contributed by atoms with Crippen molar-refractivity contribution < 1.29 is 13.9 Å². The Kier molecular flexibility index (Phi) is 4.52. The number of halogens is 1. The first-order valence-corrected chi connectivity index (χ1v) is 6.59. The lowest BCUT2D eigenvalue weighted by Gasteiger charge is -2.18. The van der Waals surface area contributed by atoms with Crippen molar-refractivity contribution in [2.75, 3.05) is 7.11 Å². The van der Waals surface area contributed by atoms with E-state index in [1.165, 1.54) is 13.2 Å². The molecule has 110 valence electrons. The van der Waals surface area contributed by atoms with Crippen molar-refractivity contribution in [3.05, 3.63) is 59.2 Å². The van der Waals surface area contributed by atoms with Gasteiger partial charge in [0, 0.05) is 11.9 Å². The third-order valence-electron chi connectivity index (χ3n) is 3.26. The fraction of sp³-hybridized carbons (Fsp3) is 0.250. The largest absolute Gasteiger partial charge is 0.496 e. The zero-order valence-corrected chi connectivity index (χ0v) is 12.2. The van der Waals surface area contributed by atoms with Gasteiger partial charge >= 0.3 is 0 Å². The van der Waals surface area contributed by atoms with Gasteiger partial charge in [0.1, 0.15) is 11.6 Å². The molecule has 0 aliphatic carbocycles. The molecule has 5 heteroatoms. The maximum absolute atomic E-state index is 14.0. The average molecular weight is 288 g/mol. The van der Waals surface area contributed by atoms with Crippen molar-refractivity contribution in [3.8, 4) is 5.75 Å². The summed E-state index contributed by atoms with van der Waals surface area (Å²) in [6.07, 6.45) is 1.62. The lowest BCUT2D eigenvalue weighted by Crippen LogP contribution is -2.28. The number of amides is 1. The Hall–Kier alpha value is -2.43. The number of methoxy groups -OCH3 is 1. The minimum Gasteiger partial charge on any atom is -0.496 e. The van der Waals surface area contributed by atoms with Crippen LogP contribution in [0.25, 0.3) is 0 Å². The van der Waals surface area contributed by atoms with Crippen molar-refractivity contribution >= 4 is 5.91 Å². The molecule has 1 N–H and O–H groups in total. The molecule has 2 rings (SSSR count). The van der Waals surface area contributed by atoms with Crippen LogP contribution in [0.15, 0.2) is 36.5 Å². The van der Waals surface area contributed by atoms with Gasteiger partial charge in [0.2, 0.25) is 0 Å². The fourth-order valence-corrected chi connectivity index (χ4v) is 2.19. The molecule has 0 fully saturated rings. The van der Waals surface area contributed by atoms with Crippen LogP contribution in [0.5, 0.6) is 5.75 Å². The smallest absolute Gasteiger partial charge is 0.253 e. The first-order valence-electron chi connectivity index (χ1n) is 6.59. The van der Waals surface area contributed by atoms with Gasteiger partial charge in [-0.1, -0.05) is 6.07 Å². The van der Waals surface area contributed by atoms with Gasteiger partial charge in [0.15, 0.2) is 0 Å². The highest BCUT2D eigenvalue weighted by molar-refractivity contribution is 5.95. The molecular formula is C16H17FN2O2. The number of benzene rings is 1. The lowest BCUT2D eigenvalue weighted by molar-refractivity contribution is 0.0938. The number of hydrogen-bond donors (Lipinski definition) is 1. The molecule has 0 saturated carbocycles. The summed E-state index contributed by atoms with van der Waals surface area (Å²) in [5, 5.41) is 2.77. The number of nitrogens with zero attached hydrogens (tertiary/aromatic N) is 1. The van der Waals surface area contributed by atoms with Gasteiger partial charge in [-0.05, 0) is 38.1 Å². The predicted octanol–water partition coefficient (Wildman–Crippen LogP) is 3.03. The summed E-state index contributed by atoms with van der Waals surface area (Å²) in [5.74, 6) is -0.297. The quantitative estimate of drug-likeness (QED) is 0.940. The van der Waals surface area contributed by atoms with Crippen molar-refractivity contribution in [3.63, 3.8) is 0 Å². The fourth-order valence-electron chi connectivity index (χ4n) is 2.19. The van der Waals surface area contributed by atoms with E-state index in [4.69, 9.17) is 4.74 Å². The Morgan fingerprint density at radius 2 is 2.10 bits per heavy atom. The van der Waals surface area contributed by atoms with Crippen molar-refractivity contribution in [1.82, 2.24) is 10.3 Å². The maximum Gasteiger partial charge on any atom is 0.253 e. The number of hydrogen-bond acceptors (Lipinski definition) is 3. The van der Waals surface area contributed by atoms with E-state index >= 15 is 0 Å². The highest BCUT2D eigenvalue weighted by atomic mass is 19.1. The van der Waals surface area contributed by atoms with Crippen molar-refractivity contribution in [2.45, 2.75) is 19.9 Å². The molecule has 2 aromatic rings. The Bertz CT molecular complexity index is 658. The van der Waals surface area contributed by atoms with Crippen LogP contribution in [-0.2, 0) is 0 Å². The Morgan fingerprint density at radius 3 is 2.76 bits per heavy atom. The van der Waals surface area contributed by atoms with E-state index in [9.17, 15) is 9.18 Å². The highest BCUT2D eigenvalue weighted by Crippen LogP contribution is 2.27. The maximum atomic E-state index is 14.0. The third kappa shape index (κ3) is 3.18. The molecule has 1 heterocycles. The minimum atomic E-state index is -0.520. The number of ether oxygens (including phenoxy) is 1. The first-order chi connectivity index (χ1) is 10.0. The van der Waals surface area contributed by atoms with Crippen LogP contribution in [0.1, 0.15) is 34.6 Å². The normalized spacial score (nSPS) is 11.8. The summed E-state index contributed by atoms with van der Waals surface area (Å²) in [6, 6.07) is 7.43. The molecule has 4 nitrogen and oxygen atoms in total. The summed E-state index contributed by atoms with van der Waals surface area (Å²) in [7, 11) is 1.47. The third-order valence-corrected chi connectivity index (χ3v) is 3.26. The number of carbonyl (C=O) groups excluding carboxylic acids is 1. The van der Waals surface area contributed by atoms with Gasteiger partial charge < -0.3 is 10.1 Å². The first kappa shape index (κ1) is 15.0. The molecule has 1 unspecified atom stereocenters. The molecule has 0 radical (unpaired) electrons. The van der Waals surface area contributed by atoms with Crippen LogP contribution in [0.4, 0.5) is 4.39 Å². The summed E-state index contributed by atoms with van der Waals surface area (Å²) in [6.45, 7) is 3.47. The van der Waals surface area contributed by atoms with Gasteiger partial charge in [0.25, 0.3) is 5.91 Å². The van der Waals surface area contributed by atoms with Crippen LogP contribution in [0.2, 0.25) is 0 Å². The number of pyridine rings is 1. The van der Waals surface area contributed by atoms with Crippen LogP contribution in [-0.4, -0.2) is 18.0 Å². The second-order valence-corrected chi connectivity index (χ2v) is 4.69. The van der Waals surface area contributed by atoms with E-state index in [-0.39, 0.29) is 5.91 Å².